The summed E-state index contributed by atoms with van der Waals surface area (Å²) in [6.45, 7) is 7.45. The van der Waals surface area contributed by atoms with Gasteiger partial charge in [0, 0.05) is 25.0 Å². The number of aryl methyl sites for hydroxylation is 1. The summed E-state index contributed by atoms with van der Waals surface area (Å²) >= 11 is 0. The maximum Gasteiger partial charge on any atom is 0.0401 e. The molecule has 2 aromatic carbocycles. The Balaban J connectivity index is 2.11. The molecule has 2 aromatic rings. The van der Waals surface area contributed by atoms with Crippen LogP contribution >= 0.6 is 0 Å². The molecule has 0 aliphatic rings. The molecule has 0 aromatic heterocycles. The molecule has 2 heteroatoms. The van der Waals surface area contributed by atoms with Gasteiger partial charge in [0.2, 0.25) is 0 Å². The Morgan fingerprint density at radius 2 is 1.85 bits per heavy atom. The van der Waals surface area contributed by atoms with Crippen LogP contribution in [0.25, 0.3) is 0 Å². The van der Waals surface area contributed by atoms with Crippen molar-refractivity contribution in [2.24, 2.45) is 0 Å². The molecule has 106 valence electrons. The van der Waals surface area contributed by atoms with Crippen molar-refractivity contribution in [1.82, 2.24) is 0 Å². The predicted octanol–water partition coefficient (Wildman–Crippen LogP) is 4.77. The van der Waals surface area contributed by atoms with Gasteiger partial charge in [0.1, 0.15) is 0 Å². The summed E-state index contributed by atoms with van der Waals surface area (Å²) in [7, 11) is 1.95. The molecule has 0 unspecified atom stereocenters. The Morgan fingerprint density at radius 3 is 2.55 bits per heavy atom. The van der Waals surface area contributed by atoms with E-state index in [4.69, 9.17) is 0 Å². The fourth-order valence-corrected chi connectivity index (χ4v) is 2.22. The molecule has 0 bridgehead atoms. The van der Waals surface area contributed by atoms with E-state index in [0.29, 0.717) is 5.92 Å². The van der Waals surface area contributed by atoms with Crippen LogP contribution in [0, 0.1) is 6.92 Å². The van der Waals surface area contributed by atoms with Crippen molar-refractivity contribution in [3.05, 3.63) is 59.2 Å². The van der Waals surface area contributed by atoms with Crippen molar-refractivity contribution in [2.75, 3.05) is 17.7 Å². The van der Waals surface area contributed by atoms with Crippen molar-refractivity contribution in [1.29, 1.82) is 0 Å². The van der Waals surface area contributed by atoms with E-state index in [1.165, 1.54) is 22.4 Å². The van der Waals surface area contributed by atoms with Gasteiger partial charge >= 0.3 is 0 Å². The molecule has 0 fully saturated rings. The first-order valence-electron chi connectivity index (χ1n) is 7.21. The van der Waals surface area contributed by atoms with Gasteiger partial charge in [0.25, 0.3) is 0 Å². The Kier molecular flexibility index (Phi) is 4.67. The largest absolute Gasteiger partial charge is 0.388 e. The zero-order valence-corrected chi connectivity index (χ0v) is 12.8. The minimum absolute atomic E-state index is 0.559. The summed E-state index contributed by atoms with van der Waals surface area (Å²) in [6.07, 6.45) is 0. The van der Waals surface area contributed by atoms with Crippen LogP contribution in [0.2, 0.25) is 0 Å². The first-order chi connectivity index (χ1) is 9.60. The number of benzene rings is 2. The van der Waals surface area contributed by atoms with Crippen LogP contribution in [0.5, 0.6) is 0 Å². The van der Waals surface area contributed by atoms with Gasteiger partial charge in [0.05, 0.1) is 0 Å². The minimum atomic E-state index is 0.559. The van der Waals surface area contributed by atoms with Crippen LogP contribution in [0.3, 0.4) is 0 Å². The first-order valence-corrected chi connectivity index (χ1v) is 7.21. The molecule has 20 heavy (non-hydrogen) atoms. The van der Waals surface area contributed by atoms with E-state index < -0.39 is 0 Å². The average Bonchev–Trinajstić information content (AvgIpc) is 2.46. The predicted molar refractivity (Wildman–Crippen MR) is 88.6 cm³/mol. The van der Waals surface area contributed by atoms with E-state index in [1.54, 1.807) is 0 Å². The molecule has 0 radical (unpaired) electrons. The maximum atomic E-state index is 3.55. The third kappa shape index (κ3) is 3.53. The van der Waals surface area contributed by atoms with E-state index in [1.807, 2.05) is 7.05 Å². The maximum absolute atomic E-state index is 3.55. The number of nitrogens with one attached hydrogen (secondary N) is 2. The monoisotopic (exact) mass is 268 g/mol. The van der Waals surface area contributed by atoms with Crippen LogP contribution in [0.1, 0.15) is 36.5 Å². The standard InChI is InChI=1S/C18H24N2/c1-13(2)16-9-8-14(3)18(11-16)20-12-15-6-5-7-17(10-15)19-4/h5-11,13,19-20H,12H2,1-4H3. The summed E-state index contributed by atoms with van der Waals surface area (Å²) in [5.74, 6) is 0.559. The van der Waals surface area contributed by atoms with Gasteiger partial charge in [-0.3, -0.25) is 0 Å². The lowest BCUT2D eigenvalue weighted by Gasteiger charge is -2.14. The average molecular weight is 268 g/mol. The summed E-state index contributed by atoms with van der Waals surface area (Å²) in [5.41, 5.74) is 6.33. The summed E-state index contributed by atoms with van der Waals surface area (Å²) < 4.78 is 0. The summed E-state index contributed by atoms with van der Waals surface area (Å²) in [6, 6.07) is 15.2. The highest BCUT2D eigenvalue weighted by atomic mass is 14.9. The van der Waals surface area contributed by atoms with E-state index in [2.05, 4.69) is 73.9 Å². The van der Waals surface area contributed by atoms with Gasteiger partial charge in [-0.05, 0) is 47.7 Å². The second-order valence-electron chi connectivity index (χ2n) is 5.53. The van der Waals surface area contributed by atoms with Crippen LogP contribution in [0.4, 0.5) is 11.4 Å². The first kappa shape index (κ1) is 14.4. The van der Waals surface area contributed by atoms with E-state index in [-0.39, 0.29) is 0 Å². The molecule has 2 rings (SSSR count). The van der Waals surface area contributed by atoms with Crippen LogP contribution in [0.15, 0.2) is 42.5 Å². The molecule has 0 spiro atoms. The molecule has 0 aliphatic carbocycles. The molecule has 2 N–H and O–H groups in total. The van der Waals surface area contributed by atoms with Gasteiger partial charge in [-0.1, -0.05) is 38.1 Å². The third-order valence-electron chi connectivity index (χ3n) is 3.63. The molecule has 0 amide bonds. The van der Waals surface area contributed by atoms with Gasteiger partial charge in [0.15, 0.2) is 0 Å². The second-order valence-corrected chi connectivity index (χ2v) is 5.53. The minimum Gasteiger partial charge on any atom is -0.388 e. The number of anilines is 2. The summed E-state index contributed by atoms with van der Waals surface area (Å²) in [4.78, 5) is 0. The van der Waals surface area contributed by atoms with Gasteiger partial charge in [-0.15, -0.1) is 0 Å². The molecule has 0 saturated heterocycles. The molecule has 0 aliphatic heterocycles. The van der Waals surface area contributed by atoms with Crippen molar-refractivity contribution >= 4 is 11.4 Å². The highest BCUT2D eigenvalue weighted by Crippen LogP contribution is 2.23. The smallest absolute Gasteiger partial charge is 0.0401 e. The molecule has 0 heterocycles. The topological polar surface area (TPSA) is 24.1 Å². The lowest BCUT2D eigenvalue weighted by Crippen LogP contribution is -2.02. The second kappa shape index (κ2) is 6.47. The zero-order valence-electron chi connectivity index (χ0n) is 12.8. The molecule has 0 atom stereocenters. The van der Waals surface area contributed by atoms with E-state index in [9.17, 15) is 0 Å². The lowest BCUT2D eigenvalue weighted by atomic mass is 10.0. The highest BCUT2D eigenvalue weighted by molar-refractivity contribution is 5.54. The SMILES string of the molecule is CNc1cccc(CNc2cc(C(C)C)ccc2C)c1. The highest BCUT2D eigenvalue weighted by Gasteiger charge is 2.04. The molecule has 2 nitrogen and oxygen atoms in total. The lowest BCUT2D eigenvalue weighted by molar-refractivity contribution is 0.866. The number of rotatable bonds is 5. The molecule has 0 saturated carbocycles. The van der Waals surface area contributed by atoms with Gasteiger partial charge < -0.3 is 10.6 Å². The van der Waals surface area contributed by atoms with E-state index >= 15 is 0 Å². The van der Waals surface area contributed by atoms with E-state index in [0.717, 1.165) is 12.2 Å². The Hall–Kier alpha value is -1.96. The third-order valence-corrected chi connectivity index (χ3v) is 3.63. The zero-order chi connectivity index (χ0) is 14.5. The van der Waals surface area contributed by atoms with Crippen LogP contribution in [-0.2, 0) is 6.54 Å². The fourth-order valence-electron chi connectivity index (χ4n) is 2.22. The van der Waals surface area contributed by atoms with Gasteiger partial charge in [-0.2, -0.15) is 0 Å². The van der Waals surface area contributed by atoms with Crippen LogP contribution in [-0.4, -0.2) is 7.05 Å². The van der Waals surface area contributed by atoms with Gasteiger partial charge in [-0.25, -0.2) is 0 Å². The quantitative estimate of drug-likeness (QED) is 0.816. The van der Waals surface area contributed by atoms with Crippen molar-refractivity contribution < 1.29 is 0 Å². The van der Waals surface area contributed by atoms with Crippen molar-refractivity contribution in [3.8, 4) is 0 Å². The fraction of sp³-hybridized carbons (Fsp3) is 0.333. The Morgan fingerprint density at radius 1 is 1.05 bits per heavy atom. The molecular weight excluding hydrogens is 244 g/mol. The van der Waals surface area contributed by atoms with Crippen molar-refractivity contribution in [3.63, 3.8) is 0 Å². The number of hydrogen-bond donors (Lipinski definition) is 2. The normalized spacial score (nSPS) is 10.7. The Labute approximate surface area is 122 Å². The molecular formula is C18H24N2. The summed E-state index contributed by atoms with van der Waals surface area (Å²) in [5, 5.41) is 6.72. The van der Waals surface area contributed by atoms with Crippen molar-refractivity contribution in [2.45, 2.75) is 33.2 Å². The number of hydrogen-bond acceptors (Lipinski definition) is 2. The Bertz CT molecular complexity index is 573. The van der Waals surface area contributed by atoms with Crippen LogP contribution < -0.4 is 10.6 Å².